The molecule has 1 N–H and O–H groups in total. The number of rotatable bonds is 8. The summed E-state index contributed by atoms with van der Waals surface area (Å²) in [4.78, 5) is 34.7. The highest BCUT2D eigenvalue weighted by Gasteiger charge is 2.28. The molecule has 0 aromatic heterocycles. The minimum atomic E-state index is -4.15. The van der Waals surface area contributed by atoms with Crippen LogP contribution >= 0.6 is 0 Å². The molecule has 0 bridgehead atoms. The number of hydrogen-bond donors (Lipinski definition) is 1. The van der Waals surface area contributed by atoms with Crippen LogP contribution in [0.25, 0.3) is 0 Å². The molecule has 0 spiro atoms. The van der Waals surface area contributed by atoms with Gasteiger partial charge in [0.15, 0.2) is 0 Å². The van der Waals surface area contributed by atoms with Gasteiger partial charge in [-0.25, -0.2) is 13.2 Å². The molecule has 0 heterocycles. The van der Waals surface area contributed by atoms with Gasteiger partial charge in [-0.3, -0.25) is 13.9 Å². The van der Waals surface area contributed by atoms with Crippen molar-refractivity contribution >= 4 is 39.2 Å². The third kappa shape index (κ3) is 5.57. The van der Waals surface area contributed by atoms with Crippen LogP contribution in [0.4, 0.5) is 11.4 Å². The number of carbonyl (C=O) groups excluding carboxylic acids is 3. The number of nitrogens with one attached hydrogen (secondary N) is 1. The molecule has 0 fully saturated rings. The van der Waals surface area contributed by atoms with Gasteiger partial charge in [0.25, 0.3) is 10.0 Å². The van der Waals surface area contributed by atoms with Crippen LogP contribution in [0.3, 0.4) is 0 Å². The number of sulfonamides is 1. The molecule has 30 heavy (non-hydrogen) atoms. The number of benzene rings is 2. The molecule has 0 aliphatic heterocycles. The molecule has 0 saturated carbocycles. The first-order valence-electron chi connectivity index (χ1n) is 8.93. The van der Waals surface area contributed by atoms with Crippen molar-refractivity contribution in [1.82, 2.24) is 0 Å². The summed E-state index contributed by atoms with van der Waals surface area (Å²) < 4.78 is 36.9. The van der Waals surface area contributed by atoms with Crippen molar-refractivity contribution in [3.05, 3.63) is 54.1 Å². The third-order valence-corrected chi connectivity index (χ3v) is 5.71. The predicted octanol–water partition coefficient (Wildman–Crippen LogP) is 2.19. The minimum absolute atomic E-state index is 0.0852. The highest BCUT2D eigenvalue weighted by atomic mass is 32.2. The number of amides is 1. The van der Waals surface area contributed by atoms with Crippen molar-refractivity contribution in [2.75, 3.05) is 29.9 Å². The van der Waals surface area contributed by atoms with E-state index in [9.17, 15) is 22.8 Å². The summed E-state index contributed by atoms with van der Waals surface area (Å²) in [5.74, 6) is -1.59. The smallest absolute Gasteiger partial charge is 0.337 e. The fourth-order valence-electron chi connectivity index (χ4n) is 2.56. The molecular formula is C20H22N2O7S. The Labute approximate surface area is 174 Å². The van der Waals surface area contributed by atoms with Crippen molar-refractivity contribution in [1.29, 1.82) is 0 Å². The zero-order valence-electron chi connectivity index (χ0n) is 16.7. The standard InChI is InChI=1S/C20H22N2O7S/c1-4-29-19(24)13-22(17-9-5-15(6-10-17)20(25)28-3)30(26,27)18-11-7-16(8-12-18)21-14(2)23/h5-12H,4,13H2,1-3H3,(H,21,23). The third-order valence-electron chi connectivity index (χ3n) is 3.92. The summed E-state index contributed by atoms with van der Waals surface area (Å²) in [6, 6.07) is 11.1. The molecule has 2 aromatic carbocycles. The zero-order valence-corrected chi connectivity index (χ0v) is 17.6. The van der Waals surface area contributed by atoms with E-state index in [2.05, 4.69) is 10.1 Å². The largest absolute Gasteiger partial charge is 0.465 e. The first kappa shape index (κ1) is 22.9. The molecule has 160 valence electrons. The van der Waals surface area contributed by atoms with E-state index in [4.69, 9.17) is 4.74 Å². The molecule has 0 atom stereocenters. The van der Waals surface area contributed by atoms with Crippen LogP contribution in [0.2, 0.25) is 0 Å². The molecule has 10 heteroatoms. The fourth-order valence-corrected chi connectivity index (χ4v) is 3.97. The number of ether oxygens (including phenoxy) is 2. The molecule has 0 unspecified atom stereocenters. The normalized spacial score (nSPS) is 10.8. The number of esters is 2. The van der Waals surface area contributed by atoms with Gasteiger partial charge in [-0.1, -0.05) is 0 Å². The lowest BCUT2D eigenvalue weighted by atomic mass is 10.2. The van der Waals surface area contributed by atoms with Crippen molar-refractivity contribution in [2.24, 2.45) is 0 Å². The maximum atomic E-state index is 13.2. The van der Waals surface area contributed by atoms with E-state index >= 15 is 0 Å². The zero-order chi connectivity index (χ0) is 22.3. The van der Waals surface area contributed by atoms with E-state index in [1.165, 1.54) is 62.6 Å². The van der Waals surface area contributed by atoms with Gasteiger partial charge in [0.05, 0.1) is 29.9 Å². The van der Waals surface area contributed by atoms with Gasteiger partial charge in [-0.2, -0.15) is 0 Å². The van der Waals surface area contributed by atoms with Crippen molar-refractivity contribution in [3.63, 3.8) is 0 Å². The monoisotopic (exact) mass is 434 g/mol. The molecular weight excluding hydrogens is 412 g/mol. The Kier molecular flexibility index (Phi) is 7.54. The molecule has 1 amide bonds. The van der Waals surface area contributed by atoms with E-state index < -0.39 is 28.5 Å². The Balaban J connectivity index is 2.43. The molecule has 0 radical (unpaired) electrons. The highest BCUT2D eigenvalue weighted by Crippen LogP contribution is 2.25. The minimum Gasteiger partial charge on any atom is -0.465 e. The maximum Gasteiger partial charge on any atom is 0.337 e. The van der Waals surface area contributed by atoms with E-state index in [1.807, 2.05) is 0 Å². The van der Waals surface area contributed by atoms with E-state index in [1.54, 1.807) is 6.92 Å². The lowest BCUT2D eigenvalue weighted by Crippen LogP contribution is -2.36. The number of hydrogen-bond acceptors (Lipinski definition) is 7. The molecule has 0 aliphatic rings. The van der Waals surface area contributed by atoms with Gasteiger partial charge in [-0.15, -0.1) is 0 Å². The Morgan fingerprint density at radius 3 is 2.10 bits per heavy atom. The average molecular weight is 434 g/mol. The van der Waals surface area contributed by atoms with E-state index in [-0.39, 0.29) is 28.7 Å². The highest BCUT2D eigenvalue weighted by molar-refractivity contribution is 7.92. The first-order chi connectivity index (χ1) is 14.2. The van der Waals surface area contributed by atoms with Crippen LogP contribution in [0, 0.1) is 0 Å². The summed E-state index contributed by atoms with van der Waals surface area (Å²) in [5, 5.41) is 2.55. The topological polar surface area (TPSA) is 119 Å². The van der Waals surface area contributed by atoms with Gasteiger partial charge >= 0.3 is 11.9 Å². The van der Waals surface area contributed by atoms with Crippen LogP contribution in [0.5, 0.6) is 0 Å². The van der Waals surface area contributed by atoms with E-state index in [0.29, 0.717) is 5.69 Å². The van der Waals surface area contributed by atoms with Crippen LogP contribution in [-0.2, 0) is 29.1 Å². The first-order valence-corrected chi connectivity index (χ1v) is 10.4. The molecule has 2 aromatic rings. The fraction of sp³-hybridized carbons (Fsp3) is 0.250. The summed E-state index contributed by atoms with van der Waals surface area (Å²) in [7, 11) is -2.91. The molecule has 0 saturated heterocycles. The Bertz CT molecular complexity index is 1020. The number of carbonyl (C=O) groups is 3. The van der Waals surface area contributed by atoms with Gasteiger partial charge < -0.3 is 14.8 Å². The lowest BCUT2D eigenvalue weighted by molar-refractivity contribution is -0.141. The molecule has 0 aliphatic carbocycles. The quantitative estimate of drug-likeness (QED) is 0.633. The number of anilines is 2. The van der Waals surface area contributed by atoms with Crippen molar-refractivity contribution in [2.45, 2.75) is 18.7 Å². The summed E-state index contributed by atoms with van der Waals surface area (Å²) in [5.41, 5.74) is 0.830. The Morgan fingerprint density at radius 1 is 1.00 bits per heavy atom. The molecule has 9 nitrogen and oxygen atoms in total. The second-order valence-corrected chi connectivity index (χ2v) is 7.92. The molecule has 2 rings (SSSR count). The number of methoxy groups -OCH3 is 1. The number of nitrogens with zero attached hydrogens (tertiary/aromatic N) is 1. The lowest BCUT2D eigenvalue weighted by Gasteiger charge is -2.24. The van der Waals surface area contributed by atoms with Gasteiger partial charge in [-0.05, 0) is 55.5 Å². The van der Waals surface area contributed by atoms with E-state index in [0.717, 1.165) is 4.31 Å². The van der Waals surface area contributed by atoms with Crippen LogP contribution in [-0.4, -0.2) is 46.5 Å². The Morgan fingerprint density at radius 2 is 1.60 bits per heavy atom. The van der Waals surface area contributed by atoms with Gasteiger partial charge in [0.1, 0.15) is 6.54 Å². The van der Waals surface area contributed by atoms with Crippen LogP contribution in [0.1, 0.15) is 24.2 Å². The summed E-state index contributed by atoms with van der Waals surface area (Å²) in [6.45, 7) is 2.49. The van der Waals surface area contributed by atoms with Crippen molar-refractivity contribution in [3.8, 4) is 0 Å². The second kappa shape index (κ2) is 9.88. The summed E-state index contributed by atoms with van der Waals surface area (Å²) >= 11 is 0. The van der Waals surface area contributed by atoms with Crippen LogP contribution < -0.4 is 9.62 Å². The maximum absolute atomic E-state index is 13.2. The van der Waals surface area contributed by atoms with Crippen molar-refractivity contribution < 1.29 is 32.3 Å². The predicted molar refractivity (Wildman–Crippen MR) is 110 cm³/mol. The average Bonchev–Trinajstić information content (AvgIpc) is 2.71. The van der Waals surface area contributed by atoms with Crippen LogP contribution in [0.15, 0.2) is 53.4 Å². The SMILES string of the molecule is CCOC(=O)CN(c1ccc(C(=O)OC)cc1)S(=O)(=O)c1ccc(NC(C)=O)cc1. The summed E-state index contributed by atoms with van der Waals surface area (Å²) in [6.07, 6.45) is 0. The Hall–Kier alpha value is -3.40. The second-order valence-electron chi connectivity index (χ2n) is 6.06. The van der Waals surface area contributed by atoms with Gasteiger partial charge in [0, 0.05) is 12.6 Å². The van der Waals surface area contributed by atoms with Gasteiger partial charge in [0.2, 0.25) is 5.91 Å².